The highest BCUT2D eigenvalue weighted by Crippen LogP contribution is 2.39. The summed E-state index contributed by atoms with van der Waals surface area (Å²) < 4.78 is 0. The molecule has 0 aromatic carbocycles. The molecule has 2 aliphatic rings. The average Bonchev–Trinajstić information content (AvgIpc) is 2.88. The van der Waals surface area contributed by atoms with Gasteiger partial charge >= 0.3 is 0 Å². The second-order valence-electron chi connectivity index (χ2n) is 6.44. The van der Waals surface area contributed by atoms with Crippen LogP contribution in [0.3, 0.4) is 0 Å². The van der Waals surface area contributed by atoms with E-state index < -0.39 is 0 Å². The highest BCUT2D eigenvalue weighted by molar-refractivity contribution is 6.05. The lowest BCUT2D eigenvalue weighted by molar-refractivity contribution is -0.140. The van der Waals surface area contributed by atoms with Gasteiger partial charge in [-0.2, -0.15) is 0 Å². The van der Waals surface area contributed by atoms with Crippen LogP contribution in [0.4, 0.5) is 0 Å². The Hall–Kier alpha value is -0.900. The molecule has 1 saturated heterocycles. The molecule has 1 heterocycles. The Bertz CT molecular complexity index is 330. The minimum Gasteiger partial charge on any atom is -0.330 e. The second-order valence-corrected chi connectivity index (χ2v) is 6.44. The van der Waals surface area contributed by atoms with Gasteiger partial charge in [-0.3, -0.25) is 14.5 Å². The number of amides is 2. The highest BCUT2D eigenvalue weighted by atomic mass is 16.2. The average molecular weight is 252 g/mol. The Kier molecular flexibility index (Phi) is 3.76. The molecule has 0 spiro atoms. The van der Waals surface area contributed by atoms with Crippen LogP contribution in [0.25, 0.3) is 0 Å². The fourth-order valence-corrected chi connectivity index (χ4v) is 3.10. The third-order valence-electron chi connectivity index (χ3n) is 4.47. The topological polar surface area (TPSA) is 63.4 Å². The van der Waals surface area contributed by atoms with Gasteiger partial charge in [0.25, 0.3) is 0 Å². The maximum Gasteiger partial charge on any atom is 0.233 e. The molecule has 2 N–H and O–H groups in total. The zero-order chi connectivity index (χ0) is 13.3. The van der Waals surface area contributed by atoms with Crippen LogP contribution >= 0.6 is 0 Å². The van der Waals surface area contributed by atoms with Crippen molar-refractivity contribution in [1.82, 2.24) is 4.90 Å². The first-order valence-electron chi connectivity index (χ1n) is 7.01. The normalized spacial score (nSPS) is 28.1. The van der Waals surface area contributed by atoms with E-state index in [1.807, 2.05) is 0 Å². The number of fused-ring (bicyclic) bond motifs is 1. The van der Waals surface area contributed by atoms with Gasteiger partial charge in [-0.05, 0) is 37.6 Å². The van der Waals surface area contributed by atoms with E-state index >= 15 is 0 Å². The predicted octanol–water partition coefficient (Wildman–Crippen LogP) is 1.54. The van der Waals surface area contributed by atoms with Crippen LogP contribution < -0.4 is 5.73 Å². The molecule has 2 fully saturated rings. The van der Waals surface area contributed by atoms with E-state index in [1.54, 1.807) is 0 Å². The van der Waals surface area contributed by atoms with Gasteiger partial charge < -0.3 is 5.73 Å². The van der Waals surface area contributed by atoms with Gasteiger partial charge in [0.2, 0.25) is 11.8 Å². The van der Waals surface area contributed by atoms with E-state index in [0.29, 0.717) is 13.1 Å². The zero-order valence-electron chi connectivity index (χ0n) is 11.4. The summed E-state index contributed by atoms with van der Waals surface area (Å²) in [5.74, 6) is 0.154. The third kappa shape index (κ3) is 2.44. The van der Waals surface area contributed by atoms with Crippen LogP contribution in [0.2, 0.25) is 0 Å². The van der Waals surface area contributed by atoms with Crippen LogP contribution in [0.15, 0.2) is 0 Å². The number of imide groups is 1. The summed E-state index contributed by atoms with van der Waals surface area (Å²) in [6.45, 7) is 5.46. The fraction of sp³-hybridized carbons (Fsp3) is 0.857. The molecule has 2 rings (SSSR count). The van der Waals surface area contributed by atoms with Crippen molar-refractivity contribution >= 4 is 11.8 Å². The van der Waals surface area contributed by atoms with Gasteiger partial charge in [0, 0.05) is 6.54 Å². The molecule has 2 unspecified atom stereocenters. The molecule has 1 aliphatic heterocycles. The summed E-state index contributed by atoms with van der Waals surface area (Å²) in [5, 5.41) is 0. The number of carbonyl (C=O) groups excluding carboxylic acids is 2. The van der Waals surface area contributed by atoms with Crippen LogP contribution in [-0.2, 0) is 9.59 Å². The molecule has 4 nitrogen and oxygen atoms in total. The van der Waals surface area contributed by atoms with Gasteiger partial charge in [0.1, 0.15) is 0 Å². The number of hydrogen-bond acceptors (Lipinski definition) is 3. The maximum atomic E-state index is 12.1. The fourth-order valence-electron chi connectivity index (χ4n) is 3.10. The number of likely N-dealkylation sites (tertiary alicyclic amines) is 1. The molecule has 0 aromatic heterocycles. The van der Waals surface area contributed by atoms with Crippen molar-refractivity contribution in [2.75, 3.05) is 13.1 Å². The van der Waals surface area contributed by atoms with Crippen LogP contribution in [-0.4, -0.2) is 29.8 Å². The van der Waals surface area contributed by atoms with Crippen molar-refractivity contribution < 1.29 is 9.59 Å². The van der Waals surface area contributed by atoms with E-state index in [0.717, 1.165) is 32.1 Å². The summed E-state index contributed by atoms with van der Waals surface area (Å²) in [7, 11) is 0. The summed E-state index contributed by atoms with van der Waals surface area (Å²) in [4.78, 5) is 25.7. The molecular formula is C14H24N2O2. The molecule has 102 valence electrons. The zero-order valence-corrected chi connectivity index (χ0v) is 11.4. The van der Waals surface area contributed by atoms with E-state index in [4.69, 9.17) is 5.73 Å². The lowest BCUT2D eigenvalue weighted by Crippen LogP contribution is -2.34. The summed E-state index contributed by atoms with van der Waals surface area (Å²) in [5.41, 5.74) is 5.78. The van der Waals surface area contributed by atoms with Crippen molar-refractivity contribution in [2.24, 2.45) is 23.0 Å². The lowest BCUT2D eigenvalue weighted by atomic mass is 9.88. The Morgan fingerprint density at radius 3 is 2.28 bits per heavy atom. The monoisotopic (exact) mass is 252 g/mol. The smallest absolute Gasteiger partial charge is 0.233 e. The molecule has 0 bridgehead atoms. The quantitative estimate of drug-likeness (QED) is 0.755. The van der Waals surface area contributed by atoms with E-state index in [9.17, 15) is 9.59 Å². The second kappa shape index (κ2) is 5.00. The first-order chi connectivity index (χ1) is 8.46. The Morgan fingerprint density at radius 1 is 1.22 bits per heavy atom. The van der Waals surface area contributed by atoms with Crippen molar-refractivity contribution in [2.45, 2.75) is 46.0 Å². The van der Waals surface area contributed by atoms with E-state index in [-0.39, 0.29) is 29.1 Å². The molecule has 2 amide bonds. The highest BCUT2D eigenvalue weighted by Gasteiger charge is 2.49. The molecule has 2 atom stereocenters. The van der Waals surface area contributed by atoms with Crippen LogP contribution in [0, 0.1) is 17.3 Å². The van der Waals surface area contributed by atoms with Crippen molar-refractivity contribution in [1.29, 1.82) is 0 Å². The van der Waals surface area contributed by atoms with Crippen molar-refractivity contribution in [3.63, 3.8) is 0 Å². The van der Waals surface area contributed by atoms with Crippen molar-refractivity contribution in [3.05, 3.63) is 0 Å². The van der Waals surface area contributed by atoms with E-state index in [2.05, 4.69) is 13.8 Å². The molecular weight excluding hydrogens is 228 g/mol. The molecule has 0 aromatic rings. The Labute approximate surface area is 109 Å². The molecule has 4 heteroatoms. The Balaban J connectivity index is 1.87. The summed E-state index contributed by atoms with van der Waals surface area (Å²) >= 11 is 0. The maximum absolute atomic E-state index is 12.1. The summed E-state index contributed by atoms with van der Waals surface area (Å²) in [6, 6.07) is 0. The molecule has 18 heavy (non-hydrogen) atoms. The lowest BCUT2D eigenvalue weighted by Gasteiger charge is -2.23. The van der Waals surface area contributed by atoms with Crippen LogP contribution in [0.5, 0.6) is 0 Å². The SMILES string of the molecule is CC(C)(CN)CCCN1C(=O)C2CCCC2C1=O. The number of hydrogen-bond donors (Lipinski definition) is 1. The van der Waals surface area contributed by atoms with Crippen molar-refractivity contribution in [3.8, 4) is 0 Å². The number of rotatable bonds is 5. The van der Waals surface area contributed by atoms with Gasteiger partial charge in [0.05, 0.1) is 11.8 Å². The van der Waals surface area contributed by atoms with E-state index in [1.165, 1.54) is 4.90 Å². The van der Waals surface area contributed by atoms with Gasteiger partial charge in [-0.1, -0.05) is 20.3 Å². The number of nitrogens with two attached hydrogens (primary N) is 1. The minimum atomic E-state index is 0.0000173. The Morgan fingerprint density at radius 2 is 1.78 bits per heavy atom. The van der Waals surface area contributed by atoms with Gasteiger partial charge in [-0.25, -0.2) is 0 Å². The largest absolute Gasteiger partial charge is 0.330 e. The first kappa shape index (κ1) is 13.5. The third-order valence-corrected chi connectivity index (χ3v) is 4.47. The molecule has 0 radical (unpaired) electrons. The summed E-state index contributed by atoms with van der Waals surface area (Å²) in [6.07, 6.45) is 4.65. The van der Waals surface area contributed by atoms with Crippen LogP contribution in [0.1, 0.15) is 46.0 Å². The molecule has 1 saturated carbocycles. The van der Waals surface area contributed by atoms with Gasteiger partial charge in [-0.15, -0.1) is 0 Å². The standard InChI is InChI=1S/C14H24N2O2/c1-14(2,9-15)7-4-8-16-12(17)10-5-3-6-11(10)13(16)18/h10-11H,3-9,15H2,1-2H3. The van der Waals surface area contributed by atoms with Gasteiger partial charge in [0.15, 0.2) is 0 Å². The number of carbonyl (C=O) groups is 2. The molecule has 1 aliphatic carbocycles. The predicted molar refractivity (Wildman–Crippen MR) is 69.6 cm³/mol. The first-order valence-corrected chi connectivity index (χ1v) is 7.01. The minimum absolute atomic E-state index is 0.0000173. The number of nitrogens with zero attached hydrogens (tertiary/aromatic N) is 1.